The van der Waals surface area contributed by atoms with Crippen LogP contribution in [0.4, 0.5) is 4.39 Å². The quantitative estimate of drug-likeness (QED) is 0.716. The molecular weight excluding hydrogens is 433 g/mol. The number of amides is 3. The molecule has 1 aliphatic heterocycles. The molecule has 0 aromatic heterocycles. The molecule has 2 aromatic carbocycles. The van der Waals surface area contributed by atoms with Gasteiger partial charge >= 0.3 is 0 Å². The van der Waals surface area contributed by atoms with E-state index >= 15 is 0 Å². The molecule has 1 N–H and O–H groups in total. The van der Waals surface area contributed by atoms with Crippen LogP contribution in [-0.2, 0) is 9.59 Å². The summed E-state index contributed by atoms with van der Waals surface area (Å²) in [6.45, 7) is 5.18. The molecule has 3 amide bonds. The van der Waals surface area contributed by atoms with Gasteiger partial charge in [0.05, 0.1) is 10.6 Å². The lowest BCUT2D eigenvalue weighted by Gasteiger charge is -2.36. The first-order valence-electron chi connectivity index (χ1n) is 10.6. The van der Waals surface area contributed by atoms with E-state index in [4.69, 9.17) is 11.6 Å². The van der Waals surface area contributed by atoms with Crippen LogP contribution in [0.1, 0.15) is 42.2 Å². The highest BCUT2D eigenvalue weighted by Crippen LogP contribution is 2.22. The van der Waals surface area contributed by atoms with Gasteiger partial charge in [0.15, 0.2) is 0 Å². The van der Waals surface area contributed by atoms with Crippen molar-refractivity contribution in [2.75, 3.05) is 26.2 Å². The monoisotopic (exact) mass is 459 g/mol. The van der Waals surface area contributed by atoms with Crippen LogP contribution in [0.25, 0.3) is 0 Å². The summed E-state index contributed by atoms with van der Waals surface area (Å²) in [4.78, 5) is 41.7. The highest BCUT2D eigenvalue weighted by atomic mass is 35.5. The molecule has 8 heteroatoms. The second-order valence-corrected chi connectivity index (χ2v) is 8.66. The van der Waals surface area contributed by atoms with E-state index < -0.39 is 11.9 Å². The summed E-state index contributed by atoms with van der Waals surface area (Å²) >= 11 is 6.02. The normalized spacial score (nSPS) is 14.9. The fourth-order valence-corrected chi connectivity index (χ4v) is 3.92. The largest absolute Gasteiger partial charge is 0.341 e. The smallest absolute Gasteiger partial charge is 0.255 e. The molecule has 3 rings (SSSR count). The van der Waals surface area contributed by atoms with E-state index in [9.17, 15) is 18.8 Å². The number of nitrogens with zero attached hydrogens (tertiary/aromatic N) is 2. The molecule has 32 heavy (non-hydrogen) atoms. The minimum atomic E-state index is -0.781. The van der Waals surface area contributed by atoms with Crippen LogP contribution >= 0.6 is 11.6 Å². The Kier molecular flexibility index (Phi) is 7.85. The van der Waals surface area contributed by atoms with Crippen molar-refractivity contribution in [1.82, 2.24) is 15.1 Å². The molecule has 1 unspecified atom stereocenters. The lowest BCUT2D eigenvalue weighted by molar-refractivity contribution is -0.138. The fraction of sp³-hybridized carbons (Fsp3) is 0.375. The maximum Gasteiger partial charge on any atom is 0.255 e. The third-order valence-corrected chi connectivity index (χ3v) is 5.63. The van der Waals surface area contributed by atoms with Gasteiger partial charge < -0.3 is 15.1 Å². The Hall–Kier alpha value is -2.93. The van der Waals surface area contributed by atoms with Crippen LogP contribution in [0.3, 0.4) is 0 Å². The fourth-order valence-electron chi connectivity index (χ4n) is 3.67. The SMILES string of the molecule is CC(C)CC(=O)NC(C(=O)N1CCN(C(=O)c2ccc(F)cc2Cl)CC1)c1ccccc1. The Morgan fingerprint density at radius 3 is 2.22 bits per heavy atom. The average Bonchev–Trinajstić information content (AvgIpc) is 2.77. The van der Waals surface area contributed by atoms with Gasteiger partial charge in [-0.3, -0.25) is 14.4 Å². The number of hydrogen-bond acceptors (Lipinski definition) is 3. The summed E-state index contributed by atoms with van der Waals surface area (Å²) in [5, 5.41) is 2.93. The first kappa shape index (κ1) is 23.7. The summed E-state index contributed by atoms with van der Waals surface area (Å²) in [6, 6.07) is 12.0. The van der Waals surface area contributed by atoms with Crippen molar-refractivity contribution >= 4 is 29.3 Å². The Morgan fingerprint density at radius 2 is 1.62 bits per heavy atom. The number of piperazine rings is 1. The molecular formula is C24H27ClFN3O3. The van der Waals surface area contributed by atoms with E-state index in [-0.39, 0.29) is 34.2 Å². The van der Waals surface area contributed by atoms with E-state index in [0.29, 0.717) is 38.2 Å². The predicted molar refractivity (Wildman–Crippen MR) is 121 cm³/mol. The number of hydrogen-bond donors (Lipinski definition) is 1. The zero-order chi connectivity index (χ0) is 23.3. The van der Waals surface area contributed by atoms with Crippen LogP contribution in [0.2, 0.25) is 5.02 Å². The van der Waals surface area contributed by atoms with Gasteiger partial charge in [0, 0.05) is 32.6 Å². The molecule has 0 radical (unpaired) electrons. The van der Waals surface area contributed by atoms with Gasteiger partial charge in [-0.05, 0) is 29.7 Å². The molecule has 0 spiro atoms. The number of carbonyl (C=O) groups is 3. The van der Waals surface area contributed by atoms with Gasteiger partial charge in [-0.15, -0.1) is 0 Å². The Morgan fingerprint density at radius 1 is 1.00 bits per heavy atom. The Bertz CT molecular complexity index is 976. The molecule has 1 heterocycles. The lowest BCUT2D eigenvalue weighted by atomic mass is 10.0. The average molecular weight is 460 g/mol. The topological polar surface area (TPSA) is 69.7 Å². The molecule has 1 saturated heterocycles. The first-order valence-corrected chi connectivity index (χ1v) is 11.0. The van der Waals surface area contributed by atoms with Crippen molar-refractivity contribution in [3.63, 3.8) is 0 Å². The molecule has 2 aromatic rings. The maximum absolute atomic E-state index is 13.3. The third kappa shape index (κ3) is 5.85. The van der Waals surface area contributed by atoms with Crippen LogP contribution in [0.5, 0.6) is 0 Å². The van der Waals surface area contributed by atoms with Crippen LogP contribution in [0, 0.1) is 11.7 Å². The van der Waals surface area contributed by atoms with Gasteiger partial charge in [0.1, 0.15) is 11.9 Å². The molecule has 0 saturated carbocycles. The first-order chi connectivity index (χ1) is 15.3. The second-order valence-electron chi connectivity index (χ2n) is 8.25. The molecule has 1 atom stereocenters. The number of nitrogens with one attached hydrogen (secondary N) is 1. The van der Waals surface area contributed by atoms with Crippen molar-refractivity contribution in [3.8, 4) is 0 Å². The van der Waals surface area contributed by atoms with Crippen LogP contribution in [0.15, 0.2) is 48.5 Å². The zero-order valence-electron chi connectivity index (χ0n) is 18.2. The summed E-state index contributed by atoms with van der Waals surface area (Å²) in [6.07, 6.45) is 0.331. The zero-order valence-corrected chi connectivity index (χ0v) is 18.9. The lowest BCUT2D eigenvalue weighted by Crippen LogP contribution is -2.53. The number of rotatable bonds is 6. The number of carbonyl (C=O) groups excluding carboxylic acids is 3. The Labute approximate surface area is 192 Å². The van der Waals surface area contributed by atoms with Gasteiger partial charge in [-0.25, -0.2) is 4.39 Å². The predicted octanol–water partition coefficient (Wildman–Crippen LogP) is 3.67. The van der Waals surface area contributed by atoms with Gasteiger partial charge in [0.25, 0.3) is 5.91 Å². The molecule has 1 aliphatic rings. The Balaban J connectivity index is 1.68. The van der Waals surface area contributed by atoms with Crippen molar-refractivity contribution in [3.05, 3.63) is 70.5 Å². The van der Waals surface area contributed by atoms with Crippen molar-refractivity contribution in [1.29, 1.82) is 0 Å². The second kappa shape index (κ2) is 10.6. The molecule has 0 bridgehead atoms. The van der Waals surface area contributed by atoms with Gasteiger partial charge in [0.2, 0.25) is 11.8 Å². The van der Waals surface area contributed by atoms with Gasteiger partial charge in [-0.2, -0.15) is 0 Å². The highest BCUT2D eigenvalue weighted by molar-refractivity contribution is 6.33. The molecule has 1 fully saturated rings. The van der Waals surface area contributed by atoms with E-state index in [1.165, 1.54) is 12.1 Å². The van der Waals surface area contributed by atoms with Crippen molar-refractivity contribution < 1.29 is 18.8 Å². The minimum absolute atomic E-state index is 0.0607. The summed E-state index contributed by atoms with van der Waals surface area (Å²) in [5.41, 5.74) is 0.946. The molecule has 6 nitrogen and oxygen atoms in total. The van der Waals surface area contributed by atoms with E-state index in [1.54, 1.807) is 9.80 Å². The van der Waals surface area contributed by atoms with E-state index in [2.05, 4.69) is 5.32 Å². The third-order valence-electron chi connectivity index (χ3n) is 5.32. The minimum Gasteiger partial charge on any atom is -0.341 e. The van der Waals surface area contributed by atoms with Crippen molar-refractivity contribution in [2.24, 2.45) is 5.92 Å². The van der Waals surface area contributed by atoms with E-state index in [1.807, 2.05) is 44.2 Å². The molecule has 170 valence electrons. The summed E-state index contributed by atoms with van der Waals surface area (Å²) in [5.74, 6) is -1.02. The highest BCUT2D eigenvalue weighted by Gasteiger charge is 2.31. The number of halogens is 2. The summed E-state index contributed by atoms with van der Waals surface area (Å²) < 4.78 is 13.3. The van der Waals surface area contributed by atoms with Crippen molar-refractivity contribution in [2.45, 2.75) is 26.3 Å². The van der Waals surface area contributed by atoms with Gasteiger partial charge in [-0.1, -0.05) is 55.8 Å². The maximum atomic E-state index is 13.3. The van der Waals surface area contributed by atoms with Crippen LogP contribution in [-0.4, -0.2) is 53.7 Å². The standard InChI is InChI=1S/C24H27ClFN3O3/c1-16(2)14-21(30)27-22(17-6-4-3-5-7-17)24(32)29-12-10-28(11-13-29)23(31)19-9-8-18(26)15-20(19)25/h3-9,15-16,22H,10-14H2,1-2H3,(H,27,30). The van der Waals surface area contributed by atoms with E-state index in [0.717, 1.165) is 6.07 Å². The summed E-state index contributed by atoms with van der Waals surface area (Å²) in [7, 11) is 0. The molecule has 0 aliphatic carbocycles. The van der Waals surface area contributed by atoms with Crippen LogP contribution < -0.4 is 5.32 Å². The number of benzene rings is 2.